The Morgan fingerprint density at radius 3 is 2.18 bits per heavy atom. The topological polar surface area (TPSA) is 114 Å². The van der Waals surface area contributed by atoms with Gasteiger partial charge in [0.2, 0.25) is 13.6 Å². The van der Waals surface area contributed by atoms with Gasteiger partial charge in [-0.1, -0.05) is 5.21 Å². The van der Waals surface area contributed by atoms with E-state index in [0.29, 0.717) is 41.1 Å². The predicted molar refractivity (Wildman–Crippen MR) is 132 cm³/mol. The summed E-state index contributed by atoms with van der Waals surface area (Å²) in [5, 5.41) is 8.43. The molecular formula is C27H29N3O9. The first kappa shape index (κ1) is 24.3. The molecule has 1 aromatic heterocycles. The summed E-state index contributed by atoms with van der Waals surface area (Å²) in [5.41, 5.74) is 1.49. The standard InChI is InChI=1S/C27H29N3O9/c1-4-30-9-15(28-29-30)10-39-27-12-34-25(16-5-21-23(37-13-35-21)7-19(16)31-2)18(27)11-33-26(27)17-6-22-24(38-14-36-22)8-20(17)32-3/h5-9,18,25-26H,4,10-14H2,1-3H3/t18-,25-,26+,27-/m1/s1. The van der Waals surface area contributed by atoms with Gasteiger partial charge in [-0.25, -0.2) is 0 Å². The van der Waals surface area contributed by atoms with Crippen LogP contribution in [-0.4, -0.2) is 61.6 Å². The highest BCUT2D eigenvalue weighted by atomic mass is 16.7. The molecule has 2 fully saturated rings. The van der Waals surface area contributed by atoms with Crippen molar-refractivity contribution in [3.05, 3.63) is 47.3 Å². The molecule has 0 N–H and O–H groups in total. The Labute approximate surface area is 224 Å². The van der Waals surface area contributed by atoms with Gasteiger partial charge in [-0.15, -0.1) is 5.10 Å². The zero-order valence-electron chi connectivity index (χ0n) is 21.9. The maximum atomic E-state index is 6.77. The second-order valence-electron chi connectivity index (χ2n) is 9.76. The van der Waals surface area contributed by atoms with Gasteiger partial charge in [-0.05, 0) is 19.1 Å². The van der Waals surface area contributed by atoms with E-state index in [-0.39, 0.29) is 38.8 Å². The monoisotopic (exact) mass is 539 g/mol. The first-order valence-electron chi connectivity index (χ1n) is 12.8. The summed E-state index contributed by atoms with van der Waals surface area (Å²) in [6.45, 7) is 3.93. The highest BCUT2D eigenvalue weighted by molar-refractivity contribution is 5.55. The minimum absolute atomic E-state index is 0.153. The third kappa shape index (κ3) is 3.85. The first-order chi connectivity index (χ1) is 19.1. The highest BCUT2D eigenvalue weighted by Crippen LogP contribution is 2.59. The predicted octanol–water partition coefficient (Wildman–Crippen LogP) is 3.19. The molecule has 4 atom stereocenters. The molecule has 0 saturated carbocycles. The Kier molecular flexibility index (Phi) is 5.90. The molecule has 0 unspecified atom stereocenters. The van der Waals surface area contributed by atoms with Crippen molar-refractivity contribution in [1.29, 1.82) is 0 Å². The molecule has 12 heteroatoms. The summed E-state index contributed by atoms with van der Waals surface area (Å²) < 4.78 is 55.6. The summed E-state index contributed by atoms with van der Waals surface area (Å²) >= 11 is 0. The van der Waals surface area contributed by atoms with Crippen LogP contribution >= 0.6 is 0 Å². The Hall–Kier alpha value is -3.74. The molecule has 206 valence electrons. The third-order valence-corrected chi connectivity index (χ3v) is 7.81. The van der Waals surface area contributed by atoms with E-state index in [1.807, 2.05) is 37.4 Å². The van der Waals surface area contributed by atoms with Crippen molar-refractivity contribution in [2.45, 2.75) is 37.9 Å². The van der Waals surface area contributed by atoms with Crippen LogP contribution < -0.4 is 28.4 Å². The lowest BCUT2D eigenvalue weighted by atomic mass is 9.80. The van der Waals surface area contributed by atoms with E-state index in [4.69, 9.17) is 42.6 Å². The van der Waals surface area contributed by atoms with Gasteiger partial charge in [0, 0.05) is 35.7 Å². The Morgan fingerprint density at radius 2 is 1.54 bits per heavy atom. The Balaban J connectivity index is 1.29. The normalized spacial score (nSPS) is 26.2. The fourth-order valence-corrected chi connectivity index (χ4v) is 5.85. The van der Waals surface area contributed by atoms with Crippen molar-refractivity contribution in [3.63, 3.8) is 0 Å². The van der Waals surface area contributed by atoms with E-state index in [1.54, 1.807) is 18.9 Å². The molecule has 4 aliphatic heterocycles. The summed E-state index contributed by atoms with van der Waals surface area (Å²) in [5.74, 6) is 3.63. The quantitative estimate of drug-likeness (QED) is 0.420. The molecular weight excluding hydrogens is 510 g/mol. The molecule has 0 aliphatic carbocycles. The maximum absolute atomic E-state index is 6.77. The minimum atomic E-state index is -0.872. The number of methoxy groups -OCH3 is 2. The fourth-order valence-electron chi connectivity index (χ4n) is 5.85. The molecule has 0 bridgehead atoms. The van der Waals surface area contributed by atoms with Crippen LogP contribution in [0, 0.1) is 5.92 Å². The lowest BCUT2D eigenvalue weighted by Gasteiger charge is -2.33. The van der Waals surface area contributed by atoms with Crippen molar-refractivity contribution >= 4 is 0 Å². The molecule has 4 aliphatic rings. The SMILES string of the molecule is CCn1cc(CO[C@]23CO[C@H](c4cc5c(cc4OC)OCO5)[C@H]2CO[C@H]3c2cc3c(cc2OC)OCO3)nn1. The molecule has 0 spiro atoms. The van der Waals surface area contributed by atoms with Gasteiger partial charge in [0.1, 0.15) is 28.9 Å². The van der Waals surface area contributed by atoms with Crippen LogP contribution in [0.2, 0.25) is 0 Å². The van der Waals surface area contributed by atoms with E-state index in [9.17, 15) is 0 Å². The first-order valence-corrected chi connectivity index (χ1v) is 12.8. The Morgan fingerprint density at radius 1 is 0.897 bits per heavy atom. The fraction of sp³-hybridized carbons (Fsp3) is 0.481. The number of aryl methyl sites for hydroxylation is 1. The van der Waals surface area contributed by atoms with Crippen LogP contribution in [0.3, 0.4) is 0 Å². The zero-order valence-corrected chi connectivity index (χ0v) is 21.9. The molecule has 39 heavy (non-hydrogen) atoms. The van der Waals surface area contributed by atoms with Gasteiger partial charge in [-0.2, -0.15) is 0 Å². The largest absolute Gasteiger partial charge is 0.496 e. The average Bonchev–Trinajstić information content (AvgIpc) is 3.78. The Bertz CT molecular complexity index is 1400. The van der Waals surface area contributed by atoms with Crippen molar-refractivity contribution in [2.75, 3.05) is 41.0 Å². The molecule has 0 amide bonds. The molecule has 0 radical (unpaired) electrons. The maximum Gasteiger partial charge on any atom is 0.231 e. The number of hydrogen-bond acceptors (Lipinski definition) is 11. The van der Waals surface area contributed by atoms with Gasteiger partial charge < -0.3 is 42.6 Å². The lowest BCUT2D eigenvalue weighted by Crippen LogP contribution is -2.42. The van der Waals surface area contributed by atoms with E-state index < -0.39 is 11.7 Å². The number of hydrogen-bond donors (Lipinski definition) is 0. The molecule has 7 rings (SSSR count). The van der Waals surface area contributed by atoms with E-state index >= 15 is 0 Å². The number of ether oxygens (including phenoxy) is 9. The lowest BCUT2D eigenvalue weighted by molar-refractivity contribution is -0.118. The second-order valence-corrected chi connectivity index (χ2v) is 9.76. The number of nitrogens with zero attached hydrogens (tertiary/aromatic N) is 3. The zero-order chi connectivity index (χ0) is 26.6. The number of rotatable bonds is 8. The van der Waals surface area contributed by atoms with Gasteiger partial charge in [-0.3, -0.25) is 4.68 Å². The van der Waals surface area contributed by atoms with Crippen molar-refractivity contribution in [2.24, 2.45) is 5.92 Å². The number of aromatic nitrogens is 3. The van der Waals surface area contributed by atoms with E-state index in [1.165, 1.54) is 0 Å². The van der Waals surface area contributed by atoms with Crippen molar-refractivity contribution in [1.82, 2.24) is 15.0 Å². The molecule has 5 heterocycles. The summed E-state index contributed by atoms with van der Waals surface area (Å²) in [6, 6.07) is 7.48. The number of fused-ring (bicyclic) bond motifs is 3. The van der Waals surface area contributed by atoms with Gasteiger partial charge in [0.25, 0.3) is 0 Å². The smallest absolute Gasteiger partial charge is 0.231 e. The summed E-state index contributed by atoms with van der Waals surface area (Å²) in [7, 11) is 3.25. The summed E-state index contributed by atoms with van der Waals surface area (Å²) in [6.07, 6.45) is 0.982. The van der Waals surface area contributed by atoms with E-state index in [2.05, 4.69) is 10.3 Å². The van der Waals surface area contributed by atoms with Crippen LogP contribution in [0.5, 0.6) is 34.5 Å². The minimum Gasteiger partial charge on any atom is -0.496 e. The van der Waals surface area contributed by atoms with Crippen LogP contribution in [0.15, 0.2) is 30.5 Å². The average molecular weight is 540 g/mol. The second kappa shape index (κ2) is 9.47. The van der Waals surface area contributed by atoms with Crippen LogP contribution in [0.1, 0.15) is 36.0 Å². The molecule has 12 nitrogen and oxygen atoms in total. The molecule has 2 saturated heterocycles. The van der Waals surface area contributed by atoms with Crippen molar-refractivity contribution in [3.8, 4) is 34.5 Å². The third-order valence-electron chi connectivity index (χ3n) is 7.81. The molecule has 3 aromatic rings. The number of benzene rings is 2. The summed E-state index contributed by atoms with van der Waals surface area (Å²) in [4.78, 5) is 0. The van der Waals surface area contributed by atoms with E-state index in [0.717, 1.165) is 23.4 Å². The van der Waals surface area contributed by atoms with Crippen LogP contribution in [0.4, 0.5) is 0 Å². The van der Waals surface area contributed by atoms with Crippen molar-refractivity contribution < 1.29 is 42.6 Å². The molecule has 2 aromatic carbocycles. The highest BCUT2D eigenvalue weighted by Gasteiger charge is 2.62. The van der Waals surface area contributed by atoms with Crippen LogP contribution in [0.25, 0.3) is 0 Å². The van der Waals surface area contributed by atoms with Gasteiger partial charge in [0.05, 0.1) is 46.3 Å². The van der Waals surface area contributed by atoms with Crippen LogP contribution in [-0.2, 0) is 27.4 Å². The van der Waals surface area contributed by atoms with Gasteiger partial charge >= 0.3 is 0 Å². The van der Waals surface area contributed by atoms with Gasteiger partial charge in [0.15, 0.2) is 23.0 Å².